The molecule has 2 rings (SSSR count). The molecule has 0 aromatic heterocycles. The zero-order valence-electron chi connectivity index (χ0n) is 8.77. The van der Waals surface area contributed by atoms with Crippen molar-refractivity contribution in [3.63, 3.8) is 0 Å². The fraction of sp³-hybridized carbons (Fsp3) is 0.417. The molecule has 1 aromatic rings. The zero-order valence-corrected chi connectivity index (χ0v) is 9.53. The first-order valence-corrected chi connectivity index (χ1v) is 5.69. The van der Waals surface area contributed by atoms with Crippen LogP contribution in [-0.2, 0) is 17.6 Å². The van der Waals surface area contributed by atoms with Crippen molar-refractivity contribution >= 4 is 23.2 Å². The van der Waals surface area contributed by atoms with Crippen LogP contribution in [0.1, 0.15) is 30.9 Å². The fourth-order valence-corrected chi connectivity index (χ4v) is 2.19. The first-order valence-electron chi connectivity index (χ1n) is 5.32. The summed E-state index contributed by atoms with van der Waals surface area (Å²) in [5.41, 5.74) is 3.22. The second kappa shape index (κ2) is 4.23. The average Bonchev–Trinajstić information content (AvgIpc) is 2.20. The zero-order chi connectivity index (χ0) is 10.8. The minimum Gasteiger partial charge on any atom is -0.326 e. The minimum atomic E-state index is 0.104. The maximum Gasteiger partial charge on any atom is 0.224 e. The summed E-state index contributed by atoms with van der Waals surface area (Å²) in [6, 6.07) is 4.00. The molecule has 0 saturated heterocycles. The third-order valence-corrected chi connectivity index (χ3v) is 3.04. The van der Waals surface area contributed by atoms with E-state index in [-0.39, 0.29) is 5.91 Å². The van der Waals surface area contributed by atoms with Gasteiger partial charge < -0.3 is 5.32 Å². The molecular weight excluding hydrogens is 210 g/mol. The third-order valence-electron chi connectivity index (χ3n) is 2.69. The van der Waals surface area contributed by atoms with Crippen LogP contribution in [0, 0.1) is 0 Å². The van der Waals surface area contributed by atoms with Crippen LogP contribution in [0.3, 0.4) is 0 Å². The van der Waals surface area contributed by atoms with E-state index in [2.05, 4.69) is 12.2 Å². The van der Waals surface area contributed by atoms with Gasteiger partial charge in [0.25, 0.3) is 0 Å². The molecule has 15 heavy (non-hydrogen) atoms. The van der Waals surface area contributed by atoms with Crippen LogP contribution in [0.2, 0.25) is 5.02 Å². The lowest BCUT2D eigenvalue weighted by atomic mass is 9.99. The van der Waals surface area contributed by atoms with Crippen LogP contribution in [0.25, 0.3) is 0 Å². The number of anilines is 1. The lowest BCUT2D eigenvalue weighted by Gasteiger charge is -2.18. The second-order valence-electron chi connectivity index (χ2n) is 3.90. The summed E-state index contributed by atoms with van der Waals surface area (Å²) >= 11 is 6.16. The molecule has 0 bridgehead atoms. The van der Waals surface area contributed by atoms with Crippen molar-refractivity contribution in [1.29, 1.82) is 0 Å². The van der Waals surface area contributed by atoms with E-state index in [4.69, 9.17) is 11.6 Å². The topological polar surface area (TPSA) is 29.1 Å². The first-order chi connectivity index (χ1) is 7.20. The van der Waals surface area contributed by atoms with Gasteiger partial charge in [-0.05, 0) is 36.1 Å². The quantitative estimate of drug-likeness (QED) is 0.820. The maximum atomic E-state index is 11.2. The van der Waals surface area contributed by atoms with Gasteiger partial charge in [-0.3, -0.25) is 4.79 Å². The molecule has 0 unspecified atom stereocenters. The van der Waals surface area contributed by atoms with Crippen molar-refractivity contribution in [3.05, 3.63) is 28.3 Å². The predicted molar refractivity (Wildman–Crippen MR) is 62.4 cm³/mol. The molecule has 0 saturated carbocycles. The smallest absolute Gasteiger partial charge is 0.224 e. The second-order valence-corrected chi connectivity index (χ2v) is 4.31. The number of aryl methyl sites for hydroxylation is 2. The number of halogens is 1. The van der Waals surface area contributed by atoms with Crippen LogP contribution >= 0.6 is 11.6 Å². The fourth-order valence-electron chi connectivity index (χ4n) is 1.90. The van der Waals surface area contributed by atoms with E-state index < -0.39 is 0 Å². The van der Waals surface area contributed by atoms with E-state index in [1.807, 2.05) is 12.1 Å². The standard InChI is InChI=1S/C12H14ClNO/c1-2-3-8-7-11-9(6-10(8)13)4-5-12(15)14-11/h6-7H,2-5H2,1H3,(H,14,15). The normalized spacial score (nSPS) is 14.7. The Balaban J connectivity index is 2.38. The average molecular weight is 224 g/mol. The molecule has 1 aliphatic heterocycles. The van der Waals surface area contributed by atoms with Gasteiger partial charge in [-0.1, -0.05) is 24.9 Å². The van der Waals surface area contributed by atoms with Crippen molar-refractivity contribution in [3.8, 4) is 0 Å². The molecule has 1 N–H and O–H groups in total. The first kappa shape index (κ1) is 10.5. The molecule has 0 spiro atoms. The molecule has 3 heteroatoms. The summed E-state index contributed by atoms with van der Waals surface area (Å²) in [5.74, 6) is 0.104. The van der Waals surface area contributed by atoms with Gasteiger partial charge in [0.05, 0.1) is 0 Å². The molecule has 1 amide bonds. The molecule has 0 atom stereocenters. The van der Waals surface area contributed by atoms with Crippen molar-refractivity contribution in [1.82, 2.24) is 0 Å². The van der Waals surface area contributed by atoms with E-state index in [0.717, 1.165) is 41.1 Å². The van der Waals surface area contributed by atoms with Crippen molar-refractivity contribution < 1.29 is 4.79 Å². The molecule has 2 nitrogen and oxygen atoms in total. The molecule has 1 aromatic carbocycles. The number of carbonyl (C=O) groups excluding carboxylic acids is 1. The van der Waals surface area contributed by atoms with E-state index in [0.29, 0.717) is 6.42 Å². The largest absolute Gasteiger partial charge is 0.326 e. The van der Waals surface area contributed by atoms with Crippen molar-refractivity contribution in [2.24, 2.45) is 0 Å². The monoisotopic (exact) mass is 223 g/mol. The van der Waals surface area contributed by atoms with E-state index in [9.17, 15) is 4.79 Å². The summed E-state index contributed by atoms with van der Waals surface area (Å²) in [7, 11) is 0. The van der Waals surface area contributed by atoms with Gasteiger partial charge in [0.2, 0.25) is 5.91 Å². The van der Waals surface area contributed by atoms with E-state index in [1.54, 1.807) is 0 Å². The lowest BCUT2D eigenvalue weighted by Crippen LogP contribution is -2.19. The Hall–Kier alpha value is -1.02. The van der Waals surface area contributed by atoms with Crippen LogP contribution in [0.4, 0.5) is 5.69 Å². The number of benzene rings is 1. The maximum absolute atomic E-state index is 11.2. The molecule has 0 radical (unpaired) electrons. The molecule has 0 fully saturated rings. The van der Waals surface area contributed by atoms with Crippen LogP contribution < -0.4 is 5.32 Å². The summed E-state index contributed by atoms with van der Waals surface area (Å²) < 4.78 is 0. The van der Waals surface area contributed by atoms with E-state index >= 15 is 0 Å². The Labute approximate surface area is 94.6 Å². The van der Waals surface area contributed by atoms with Gasteiger partial charge in [0, 0.05) is 17.1 Å². The number of nitrogens with one attached hydrogen (secondary N) is 1. The molecule has 1 heterocycles. The van der Waals surface area contributed by atoms with Crippen molar-refractivity contribution in [2.75, 3.05) is 5.32 Å². The Morgan fingerprint density at radius 3 is 2.93 bits per heavy atom. The summed E-state index contributed by atoms with van der Waals surface area (Å²) in [5, 5.41) is 3.71. The van der Waals surface area contributed by atoms with Crippen molar-refractivity contribution in [2.45, 2.75) is 32.6 Å². The van der Waals surface area contributed by atoms with Gasteiger partial charge in [0.15, 0.2) is 0 Å². The lowest BCUT2D eigenvalue weighted by molar-refractivity contribution is -0.116. The number of amides is 1. The van der Waals surface area contributed by atoms with E-state index in [1.165, 1.54) is 0 Å². The highest BCUT2D eigenvalue weighted by molar-refractivity contribution is 6.31. The molecule has 0 aliphatic carbocycles. The Bertz CT molecular complexity index is 401. The van der Waals surface area contributed by atoms with Crippen LogP contribution in [0.15, 0.2) is 12.1 Å². The van der Waals surface area contributed by atoms with Gasteiger partial charge in [-0.2, -0.15) is 0 Å². The highest BCUT2D eigenvalue weighted by Gasteiger charge is 2.16. The van der Waals surface area contributed by atoms with Crippen LogP contribution in [-0.4, -0.2) is 5.91 Å². The predicted octanol–water partition coefficient (Wildman–Crippen LogP) is 3.18. The van der Waals surface area contributed by atoms with Gasteiger partial charge in [-0.15, -0.1) is 0 Å². The molecule has 80 valence electrons. The number of hydrogen-bond donors (Lipinski definition) is 1. The Kier molecular flexibility index (Phi) is 2.96. The number of hydrogen-bond acceptors (Lipinski definition) is 1. The summed E-state index contributed by atoms with van der Waals surface area (Å²) in [4.78, 5) is 11.2. The SMILES string of the molecule is CCCc1cc2c(cc1Cl)CCC(=O)N2. The minimum absolute atomic E-state index is 0.104. The highest BCUT2D eigenvalue weighted by Crippen LogP contribution is 2.29. The Morgan fingerprint density at radius 1 is 1.40 bits per heavy atom. The summed E-state index contributed by atoms with van der Waals surface area (Å²) in [6.07, 6.45) is 3.39. The highest BCUT2D eigenvalue weighted by atomic mass is 35.5. The van der Waals surface area contributed by atoms with Gasteiger partial charge >= 0.3 is 0 Å². The third kappa shape index (κ3) is 2.15. The number of carbonyl (C=O) groups is 1. The Morgan fingerprint density at radius 2 is 2.20 bits per heavy atom. The number of rotatable bonds is 2. The molecule has 1 aliphatic rings. The van der Waals surface area contributed by atoms with Gasteiger partial charge in [0.1, 0.15) is 0 Å². The molecular formula is C12H14ClNO. The summed E-state index contributed by atoms with van der Waals surface area (Å²) in [6.45, 7) is 2.12. The van der Waals surface area contributed by atoms with Gasteiger partial charge in [-0.25, -0.2) is 0 Å². The van der Waals surface area contributed by atoms with Crippen LogP contribution in [0.5, 0.6) is 0 Å². The number of fused-ring (bicyclic) bond motifs is 1.